The highest BCUT2D eigenvalue weighted by atomic mass is 16.5. The number of nitrogens with two attached hydrogens (primary N) is 1. The van der Waals surface area contributed by atoms with Crippen molar-refractivity contribution in [2.45, 2.75) is 13.0 Å². The van der Waals surface area contributed by atoms with Crippen LogP contribution in [0.3, 0.4) is 0 Å². The maximum atomic E-state index is 13.2. The molecular formula is C25H23N5O5. The number of hydrogen-bond donors (Lipinski definition) is 1. The second-order valence-electron chi connectivity index (χ2n) is 7.91. The first-order chi connectivity index (χ1) is 16.7. The molecule has 0 spiro atoms. The number of nitrogens with zero attached hydrogens (tertiary/aromatic N) is 4. The van der Waals surface area contributed by atoms with Crippen LogP contribution < -0.4 is 17.0 Å². The summed E-state index contributed by atoms with van der Waals surface area (Å²) in [5, 5.41) is 4.56. The molecule has 0 aliphatic heterocycles. The summed E-state index contributed by atoms with van der Waals surface area (Å²) in [5.74, 6) is -1.93. The van der Waals surface area contributed by atoms with Gasteiger partial charge in [-0.2, -0.15) is 5.10 Å². The van der Waals surface area contributed by atoms with Crippen molar-refractivity contribution in [3.63, 3.8) is 0 Å². The number of ketones is 1. The van der Waals surface area contributed by atoms with Crippen LogP contribution in [0.15, 0.2) is 76.3 Å². The van der Waals surface area contributed by atoms with Crippen molar-refractivity contribution in [3.8, 4) is 16.9 Å². The number of esters is 1. The van der Waals surface area contributed by atoms with E-state index < -0.39 is 34.7 Å². The van der Waals surface area contributed by atoms with Gasteiger partial charge in [0.1, 0.15) is 11.4 Å². The van der Waals surface area contributed by atoms with E-state index in [1.54, 1.807) is 30.3 Å². The molecule has 0 unspecified atom stereocenters. The molecule has 0 aliphatic carbocycles. The van der Waals surface area contributed by atoms with Crippen LogP contribution in [0.25, 0.3) is 16.9 Å². The molecule has 10 nitrogen and oxygen atoms in total. The van der Waals surface area contributed by atoms with Crippen molar-refractivity contribution < 1.29 is 14.3 Å². The lowest BCUT2D eigenvalue weighted by molar-refractivity contribution is 0.0309. The van der Waals surface area contributed by atoms with Gasteiger partial charge in [0.25, 0.3) is 5.56 Å². The molecule has 0 saturated carbocycles. The van der Waals surface area contributed by atoms with E-state index >= 15 is 0 Å². The summed E-state index contributed by atoms with van der Waals surface area (Å²) in [5.41, 5.74) is 5.97. The number of aromatic nitrogens is 4. The van der Waals surface area contributed by atoms with E-state index in [9.17, 15) is 19.2 Å². The van der Waals surface area contributed by atoms with E-state index in [0.717, 1.165) is 14.7 Å². The molecule has 35 heavy (non-hydrogen) atoms. The monoisotopic (exact) mass is 473 g/mol. The summed E-state index contributed by atoms with van der Waals surface area (Å²) >= 11 is 0. The topological polar surface area (TPSA) is 131 Å². The van der Waals surface area contributed by atoms with Crippen molar-refractivity contribution in [1.82, 2.24) is 18.9 Å². The SMILES string of the molecule is C[C@@H](OC(=O)c1cc(-c2ccccc2)nn1-c1ccccc1)C(=O)c1c(N)n(C)c(=O)n(C)c1=O. The van der Waals surface area contributed by atoms with Crippen LogP contribution in [0.2, 0.25) is 0 Å². The van der Waals surface area contributed by atoms with Gasteiger partial charge in [-0.05, 0) is 25.1 Å². The van der Waals surface area contributed by atoms with E-state index in [0.29, 0.717) is 11.4 Å². The molecule has 0 bridgehead atoms. The fourth-order valence-corrected chi connectivity index (χ4v) is 3.61. The van der Waals surface area contributed by atoms with Gasteiger partial charge in [0.15, 0.2) is 11.8 Å². The summed E-state index contributed by atoms with van der Waals surface area (Å²) in [6, 6.07) is 19.9. The predicted octanol–water partition coefficient (Wildman–Crippen LogP) is 1.95. The molecule has 2 heterocycles. The number of rotatable bonds is 6. The Morgan fingerprint density at radius 3 is 2.17 bits per heavy atom. The maximum Gasteiger partial charge on any atom is 0.357 e. The smallest absolute Gasteiger partial charge is 0.357 e. The zero-order valence-electron chi connectivity index (χ0n) is 19.3. The lowest BCUT2D eigenvalue weighted by Crippen LogP contribution is -2.43. The Balaban J connectivity index is 1.70. The van der Waals surface area contributed by atoms with E-state index in [1.807, 2.05) is 36.4 Å². The Morgan fingerprint density at radius 1 is 0.943 bits per heavy atom. The van der Waals surface area contributed by atoms with Gasteiger partial charge in [-0.25, -0.2) is 14.3 Å². The standard InChI is InChI=1S/C25H23N5O5/c1-15(21(31)20-22(26)28(2)25(34)29(3)23(20)32)35-24(33)19-14-18(16-10-6-4-7-11-16)27-30(19)17-12-8-5-9-13-17/h4-15H,26H2,1-3H3/t15-/m1/s1. The van der Waals surface area contributed by atoms with E-state index in [2.05, 4.69) is 5.10 Å². The number of carbonyl (C=O) groups excluding carboxylic acids is 2. The molecule has 178 valence electrons. The molecular weight excluding hydrogens is 450 g/mol. The van der Waals surface area contributed by atoms with Gasteiger partial charge < -0.3 is 10.5 Å². The predicted molar refractivity (Wildman–Crippen MR) is 130 cm³/mol. The number of hydrogen-bond acceptors (Lipinski definition) is 7. The lowest BCUT2D eigenvalue weighted by Gasteiger charge is -2.15. The molecule has 2 aromatic heterocycles. The third-order valence-corrected chi connectivity index (χ3v) is 5.60. The highest BCUT2D eigenvalue weighted by molar-refractivity contribution is 6.04. The zero-order valence-corrected chi connectivity index (χ0v) is 19.3. The average molecular weight is 473 g/mol. The van der Waals surface area contributed by atoms with E-state index in [1.165, 1.54) is 25.7 Å². The Bertz CT molecular complexity index is 1530. The maximum absolute atomic E-state index is 13.2. The van der Waals surface area contributed by atoms with E-state index in [4.69, 9.17) is 10.5 Å². The normalized spacial score (nSPS) is 11.7. The minimum atomic E-state index is -1.35. The van der Waals surface area contributed by atoms with Crippen LogP contribution in [-0.4, -0.2) is 36.8 Å². The lowest BCUT2D eigenvalue weighted by atomic mass is 10.1. The molecule has 4 aromatic rings. The average Bonchev–Trinajstić information content (AvgIpc) is 3.33. The minimum Gasteiger partial charge on any atom is -0.450 e. The first kappa shape index (κ1) is 23.4. The van der Waals surface area contributed by atoms with Gasteiger partial charge in [-0.1, -0.05) is 48.5 Å². The number of para-hydroxylation sites is 1. The minimum absolute atomic E-state index is 0.0936. The Kier molecular flexibility index (Phi) is 6.20. The summed E-state index contributed by atoms with van der Waals surface area (Å²) < 4.78 is 8.63. The first-order valence-electron chi connectivity index (χ1n) is 10.7. The molecule has 0 fully saturated rings. The van der Waals surface area contributed by atoms with Gasteiger partial charge >= 0.3 is 11.7 Å². The van der Waals surface area contributed by atoms with Gasteiger partial charge in [-0.15, -0.1) is 0 Å². The molecule has 0 amide bonds. The third-order valence-electron chi connectivity index (χ3n) is 5.60. The highest BCUT2D eigenvalue weighted by Gasteiger charge is 2.29. The summed E-state index contributed by atoms with van der Waals surface area (Å²) in [6.07, 6.45) is -1.35. The summed E-state index contributed by atoms with van der Waals surface area (Å²) in [6.45, 7) is 1.34. The third kappa shape index (κ3) is 4.29. The van der Waals surface area contributed by atoms with Gasteiger partial charge in [-0.3, -0.25) is 18.7 Å². The Morgan fingerprint density at radius 2 is 1.54 bits per heavy atom. The fourth-order valence-electron chi connectivity index (χ4n) is 3.61. The van der Waals surface area contributed by atoms with Crippen molar-refractivity contribution in [1.29, 1.82) is 0 Å². The number of nitrogen functional groups attached to an aromatic ring is 1. The number of benzene rings is 2. The van der Waals surface area contributed by atoms with Crippen LogP contribution in [0.5, 0.6) is 0 Å². The van der Waals surface area contributed by atoms with Crippen LogP contribution in [0.4, 0.5) is 5.82 Å². The molecule has 2 aromatic carbocycles. The quantitative estimate of drug-likeness (QED) is 0.334. The number of ether oxygens (including phenoxy) is 1. The van der Waals surface area contributed by atoms with Crippen LogP contribution >= 0.6 is 0 Å². The fraction of sp³-hybridized carbons (Fsp3) is 0.160. The number of carbonyl (C=O) groups is 2. The second kappa shape index (κ2) is 9.26. The second-order valence-corrected chi connectivity index (χ2v) is 7.91. The summed E-state index contributed by atoms with van der Waals surface area (Å²) in [7, 11) is 2.58. The van der Waals surface area contributed by atoms with E-state index in [-0.39, 0.29) is 11.5 Å². The molecule has 10 heteroatoms. The van der Waals surface area contributed by atoms with Crippen LogP contribution in [0.1, 0.15) is 27.8 Å². The largest absolute Gasteiger partial charge is 0.450 e. The van der Waals surface area contributed by atoms with Gasteiger partial charge in [0.2, 0.25) is 5.78 Å². The molecule has 1 atom stereocenters. The highest BCUT2D eigenvalue weighted by Crippen LogP contribution is 2.23. The Labute approximate surface area is 199 Å². The molecule has 2 N–H and O–H groups in total. The van der Waals surface area contributed by atoms with Crippen molar-refractivity contribution in [2.75, 3.05) is 5.73 Å². The first-order valence-corrected chi connectivity index (χ1v) is 10.7. The molecule has 4 rings (SSSR count). The van der Waals surface area contributed by atoms with Crippen LogP contribution in [0, 0.1) is 0 Å². The van der Waals surface area contributed by atoms with Gasteiger partial charge in [0, 0.05) is 19.7 Å². The molecule has 0 saturated heterocycles. The Hall–Kier alpha value is -4.73. The van der Waals surface area contributed by atoms with Crippen molar-refractivity contribution in [2.24, 2.45) is 14.1 Å². The molecule has 0 radical (unpaired) electrons. The molecule has 0 aliphatic rings. The van der Waals surface area contributed by atoms with Crippen LogP contribution in [-0.2, 0) is 18.8 Å². The number of Topliss-reactive ketones (excluding diaryl/α,β-unsaturated/α-hetero) is 1. The zero-order chi connectivity index (χ0) is 25.3. The van der Waals surface area contributed by atoms with Crippen molar-refractivity contribution >= 4 is 17.6 Å². The summed E-state index contributed by atoms with van der Waals surface area (Å²) in [4.78, 5) is 50.8. The van der Waals surface area contributed by atoms with Gasteiger partial charge in [0.05, 0.1) is 11.4 Å². The van der Waals surface area contributed by atoms with Crippen molar-refractivity contribution in [3.05, 3.63) is 98.8 Å². The number of anilines is 1.